The molecule has 0 aliphatic carbocycles. The molecule has 27 heavy (non-hydrogen) atoms. The van der Waals surface area contributed by atoms with Crippen molar-refractivity contribution in [3.05, 3.63) is 0 Å². The Morgan fingerprint density at radius 3 is 1.89 bits per heavy atom. The molecule has 1 unspecified atom stereocenters. The molecule has 1 fully saturated rings. The van der Waals surface area contributed by atoms with Crippen molar-refractivity contribution in [3.63, 3.8) is 0 Å². The number of rotatable bonds is 5. The van der Waals surface area contributed by atoms with Crippen molar-refractivity contribution in [2.75, 3.05) is 0 Å². The van der Waals surface area contributed by atoms with Crippen LogP contribution in [0.25, 0.3) is 0 Å². The van der Waals surface area contributed by atoms with Crippen LogP contribution in [-0.4, -0.2) is 52.2 Å². The molecule has 0 aromatic heterocycles. The number of hydrogen-bond acceptors (Lipinski definition) is 8. The summed E-state index contributed by atoms with van der Waals surface area (Å²) in [5, 5.41) is 2.54. The van der Waals surface area contributed by atoms with Gasteiger partial charge < -0.3 is 19.6 Å². The lowest BCUT2D eigenvalue weighted by Gasteiger charge is -2.24. The Hall–Kier alpha value is -2.65. The van der Waals surface area contributed by atoms with Crippen LogP contribution in [0.15, 0.2) is 0 Å². The van der Waals surface area contributed by atoms with Gasteiger partial charge in [-0.1, -0.05) is 0 Å². The van der Waals surface area contributed by atoms with E-state index in [0.29, 0.717) is 5.06 Å². The topological polar surface area (TPSA) is 128 Å². The zero-order valence-corrected chi connectivity index (χ0v) is 16.4. The number of nitrogens with zero attached hydrogens (tertiary/aromatic N) is 1. The maximum atomic E-state index is 12.3. The van der Waals surface area contributed by atoms with Gasteiger partial charge in [-0.2, -0.15) is 0 Å². The van der Waals surface area contributed by atoms with Crippen LogP contribution in [0.4, 0.5) is 4.79 Å². The number of esters is 1. The van der Waals surface area contributed by atoms with Crippen LogP contribution in [0.1, 0.15) is 60.8 Å². The maximum Gasteiger partial charge on any atom is 0.408 e. The molecular formula is C17H26N2O8. The molecule has 10 heteroatoms. The van der Waals surface area contributed by atoms with E-state index in [0.717, 1.165) is 0 Å². The number of ether oxygens (including phenoxy) is 2. The average Bonchev–Trinajstić information content (AvgIpc) is 2.74. The van der Waals surface area contributed by atoms with E-state index in [2.05, 4.69) is 5.32 Å². The second-order valence-electron chi connectivity index (χ2n) is 7.98. The van der Waals surface area contributed by atoms with Gasteiger partial charge >= 0.3 is 18.0 Å². The molecule has 1 rings (SSSR count). The minimum Gasteiger partial charge on any atom is -0.460 e. The zero-order valence-electron chi connectivity index (χ0n) is 16.4. The number of hydrogen-bond donors (Lipinski definition) is 1. The molecule has 3 amide bonds. The lowest BCUT2D eigenvalue weighted by molar-refractivity contribution is -0.199. The lowest BCUT2D eigenvalue weighted by Crippen LogP contribution is -2.48. The smallest absolute Gasteiger partial charge is 0.408 e. The molecule has 1 saturated heterocycles. The Bertz CT molecular complexity index is 584. The fourth-order valence-electron chi connectivity index (χ4n) is 2.00. The van der Waals surface area contributed by atoms with Crippen molar-refractivity contribution >= 4 is 29.8 Å². The number of imide groups is 1. The summed E-state index contributed by atoms with van der Waals surface area (Å²) in [6.45, 7) is 9.78. The summed E-state index contributed by atoms with van der Waals surface area (Å²) in [5.74, 6) is -3.29. The molecular weight excluding hydrogens is 360 g/mol. The highest BCUT2D eigenvalue weighted by Crippen LogP contribution is 2.15. The fourth-order valence-corrected chi connectivity index (χ4v) is 2.00. The molecule has 1 atom stereocenters. The summed E-state index contributed by atoms with van der Waals surface area (Å²) in [5.41, 5.74) is -1.65. The predicted octanol–water partition coefficient (Wildman–Crippen LogP) is 1.22. The maximum absolute atomic E-state index is 12.3. The Morgan fingerprint density at radius 2 is 1.44 bits per heavy atom. The summed E-state index contributed by atoms with van der Waals surface area (Å²) in [6.07, 6.45) is -1.69. The number of carbonyl (C=O) groups excluding carboxylic acids is 5. The minimum absolute atomic E-state index is 0.0810. The lowest BCUT2D eigenvalue weighted by atomic mass is 10.1. The summed E-state index contributed by atoms with van der Waals surface area (Å²) < 4.78 is 10.2. The van der Waals surface area contributed by atoms with Crippen molar-refractivity contribution in [2.24, 2.45) is 0 Å². The second-order valence-corrected chi connectivity index (χ2v) is 7.98. The molecule has 1 heterocycles. The normalized spacial score (nSPS) is 16.0. The quantitative estimate of drug-likeness (QED) is 0.552. The third-order valence-electron chi connectivity index (χ3n) is 2.95. The van der Waals surface area contributed by atoms with Crippen molar-refractivity contribution in [1.29, 1.82) is 0 Å². The fraction of sp³-hybridized carbons (Fsp3) is 0.706. The molecule has 0 saturated carbocycles. The first-order chi connectivity index (χ1) is 12.2. The van der Waals surface area contributed by atoms with Crippen molar-refractivity contribution in [2.45, 2.75) is 78.0 Å². The summed E-state index contributed by atoms with van der Waals surface area (Å²) in [4.78, 5) is 64.3. The molecule has 0 bridgehead atoms. The molecule has 1 N–H and O–H groups in total. The first-order valence-corrected chi connectivity index (χ1v) is 8.47. The van der Waals surface area contributed by atoms with Gasteiger partial charge in [0.1, 0.15) is 17.2 Å². The molecule has 0 radical (unpaired) electrons. The number of amides is 3. The number of hydroxylamine groups is 2. The molecule has 0 aromatic carbocycles. The van der Waals surface area contributed by atoms with Gasteiger partial charge in [-0.25, -0.2) is 9.59 Å². The second kappa shape index (κ2) is 8.36. The highest BCUT2D eigenvalue weighted by atomic mass is 16.7. The van der Waals surface area contributed by atoms with Crippen LogP contribution in [0.3, 0.4) is 0 Å². The Labute approximate surface area is 157 Å². The number of nitrogens with one attached hydrogen (secondary N) is 1. The molecule has 0 spiro atoms. The monoisotopic (exact) mass is 386 g/mol. The van der Waals surface area contributed by atoms with Crippen molar-refractivity contribution in [1.82, 2.24) is 10.4 Å². The van der Waals surface area contributed by atoms with Gasteiger partial charge in [0.2, 0.25) is 0 Å². The Kier molecular flexibility index (Phi) is 6.93. The van der Waals surface area contributed by atoms with Crippen molar-refractivity contribution < 1.29 is 38.3 Å². The molecule has 152 valence electrons. The van der Waals surface area contributed by atoms with E-state index in [1.165, 1.54) is 0 Å². The summed E-state index contributed by atoms with van der Waals surface area (Å²) >= 11 is 0. The van der Waals surface area contributed by atoms with Crippen LogP contribution in [0, 0.1) is 0 Å². The predicted molar refractivity (Wildman–Crippen MR) is 90.8 cm³/mol. The Morgan fingerprint density at radius 1 is 0.963 bits per heavy atom. The van der Waals surface area contributed by atoms with E-state index in [1.54, 1.807) is 41.5 Å². The van der Waals surface area contributed by atoms with Crippen LogP contribution in [0.5, 0.6) is 0 Å². The van der Waals surface area contributed by atoms with Gasteiger partial charge in [-0.05, 0) is 41.5 Å². The van der Waals surface area contributed by atoms with E-state index < -0.39 is 53.5 Å². The first-order valence-electron chi connectivity index (χ1n) is 8.47. The van der Waals surface area contributed by atoms with Gasteiger partial charge in [-0.15, -0.1) is 5.06 Å². The third-order valence-corrected chi connectivity index (χ3v) is 2.95. The highest BCUT2D eigenvalue weighted by molar-refractivity contribution is 6.02. The Balaban J connectivity index is 2.86. The van der Waals surface area contributed by atoms with E-state index in [9.17, 15) is 24.0 Å². The number of carbonyl (C=O) groups is 5. The minimum atomic E-state index is -1.50. The van der Waals surface area contributed by atoms with E-state index in [1.807, 2.05) is 0 Å². The van der Waals surface area contributed by atoms with Gasteiger partial charge in [-0.3, -0.25) is 14.4 Å². The van der Waals surface area contributed by atoms with Gasteiger partial charge in [0, 0.05) is 12.8 Å². The first kappa shape index (κ1) is 22.4. The summed E-state index contributed by atoms with van der Waals surface area (Å²) in [6, 6.07) is -1.50. The van der Waals surface area contributed by atoms with E-state index in [4.69, 9.17) is 14.3 Å². The third kappa shape index (κ3) is 8.06. The van der Waals surface area contributed by atoms with Crippen LogP contribution < -0.4 is 5.32 Å². The highest BCUT2D eigenvalue weighted by Gasteiger charge is 2.37. The zero-order chi connectivity index (χ0) is 21.0. The van der Waals surface area contributed by atoms with E-state index in [-0.39, 0.29) is 12.8 Å². The standard InChI is InChI=1S/C17H26N2O8/c1-16(2,3)25-13(22)9-10(18-15(24)26-17(4,5)6)14(23)27-19-11(20)7-8-12(19)21/h10H,7-9H2,1-6H3,(H,18,24). The SMILES string of the molecule is CC(C)(C)OC(=O)CC(NC(=O)OC(C)(C)C)C(=O)ON1C(=O)CCC1=O. The van der Waals surface area contributed by atoms with Gasteiger partial charge in [0.05, 0.1) is 6.42 Å². The van der Waals surface area contributed by atoms with Crippen LogP contribution >= 0.6 is 0 Å². The van der Waals surface area contributed by atoms with Crippen LogP contribution in [0.2, 0.25) is 0 Å². The van der Waals surface area contributed by atoms with Crippen LogP contribution in [-0.2, 0) is 33.5 Å². The summed E-state index contributed by atoms with van der Waals surface area (Å²) in [7, 11) is 0. The van der Waals surface area contributed by atoms with Gasteiger partial charge in [0.15, 0.2) is 0 Å². The van der Waals surface area contributed by atoms with Crippen molar-refractivity contribution in [3.8, 4) is 0 Å². The van der Waals surface area contributed by atoms with E-state index >= 15 is 0 Å². The molecule has 1 aliphatic rings. The molecule has 1 aliphatic heterocycles. The largest absolute Gasteiger partial charge is 0.460 e. The average molecular weight is 386 g/mol. The van der Waals surface area contributed by atoms with Gasteiger partial charge in [0.25, 0.3) is 11.8 Å². The number of alkyl carbamates (subject to hydrolysis) is 1. The molecule has 10 nitrogen and oxygen atoms in total. The molecule has 0 aromatic rings.